The molecule has 0 amide bonds. The molecule has 0 aliphatic heterocycles. The summed E-state index contributed by atoms with van der Waals surface area (Å²) in [6.07, 6.45) is 0.989. The molecule has 3 nitrogen and oxygen atoms in total. The fourth-order valence-electron chi connectivity index (χ4n) is 2.12. The van der Waals surface area contributed by atoms with E-state index in [0.29, 0.717) is 17.4 Å². The third-order valence-electron chi connectivity index (χ3n) is 3.87. The molecule has 1 unspecified atom stereocenters. The second-order valence-electron chi connectivity index (χ2n) is 6.40. The first kappa shape index (κ1) is 22.5. The number of phenols is 1. The van der Waals surface area contributed by atoms with Gasteiger partial charge in [-0.3, -0.25) is 0 Å². The number of rotatable bonds is 6. The van der Waals surface area contributed by atoms with E-state index in [4.69, 9.17) is 24.4 Å². The molecule has 0 saturated carbocycles. The summed E-state index contributed by atoms with van der Waals surface area (Å²) < 4.78 is 1.68. The molecule has 1 aromatic carbocycles. The van der Waals surface area contributed by atoms with Crippen LogP contribution in [0.5, 0.6) is 5.75 Å². The van der Waals surface area contributed by atoms with Crippen LogP contribution in [-0.2, 0) is 11.5 Å². The zero-order valence-electron chi connectivity index (χ0n) is 15.8. The average Bonchev–Trinajstić information content (AvgIpc) is 2.57. The smallest absolute Gasteiger partial charge is 0.136 e. The van der Waals surface area contributed by atoms with E-state index >= 15 is 0 Å². The average molecular weight is 417 g/mol. The molecule has 7 heteroatoms. The number of nitrogens with zero attached hydrogens (tertiary/aromatic N) is 2. The largest absolute Gasteiger partial charge is 0.507 e. The van der Waals surface area contributed by atoms with Gasteiger partial charge in [-0.15, -0.1) is 0 Å². The first-order chi connectivity index (χ1) is 11.7. The summed E-state index contributed by atoms with van der Waals surface area (Å²) in [5.41, 5.74) is 3.15. The van der Waals surface area contributed by atoms with Gasteiger partial charge in [-0.05, 0) is 23.5 Å². The van der Waals surface area contributed by atoms with Crippen LogP contribution >= 0.6 is 48.0 Å². The van der Waals surface area contributed by atoms with Crippen LogP contribution in [0.15, 0.2) is 12.1 Å². The second-order valence-corrected chi connectivity index (χ2v) is 9.62. The minimum Gasteiger partial charge on any atom is -0.507 e. The third-order valence-corrected chi connectivity index (χ3v) is 7.46. The molecular formula is C18H28N2OS4. The quantitative estimate of drug-likeness (QED) is 0.647. The summed E-state index contributed by atoms with van der Waals surface area (Å²) in [6.45, 7) is 4.29. The number of benzene rings is 1. The van der Waals surface area contributed by atoms with E-state index in [0.717, 1.165) is 31.9 Å². The zero-order valence-corrected chi connectivity index (χ0v) is 19.1. The lowest BCUT2D eigenvalue weighted by atomic mass is 9.94. The van der Waals surface area contributed by atoms with Gasteiger partial charge in [0.25, 0.3) is 0 Å². The van der Waals surface area contributed by atoms with Crippen molar-refractivity contribution in [3.05, 3.63) is 28.8 Å². The van der Waals surface area contributed by atoms with Gasteiger partial charge in [0.2, 0.25) is 0 Å². The predicted molar refractivity (Wildman–Crippen MR) is 122 cm³/mol. The molecule has 1 aromatic rings. The van der Waals surface area contributed by atoms with E-state index < -0.39 is 0 Å². The maximum absolute atomic E-state index is 10.7. The molecule has 1 N–H and O–H groups in total. The van der Waals surface area contributed by atoms with Gasteiger partial charge in [0.1, 0.15) is 14.4 Å². The summed E-state index contributed by atoms with van der Waals surface area (Å²) in [6, 6.07) is 4.20. The summed E-state index contributed by atoms with van der Waals surface area (Å²) in [4.78, 5) is 3.87. The van der Waals surface area contributed by atoms with Gasteiger partial charge in [0.05, 0.1) is 0 Å². The van der Waals surface area contributed by atoms with Crippen molar-refractivity contribution in [2.75, 3.05) is 28.2 Å². The van der Waals surface area contributed by atoms with Crippen LogP contribution in [0.4, 0.5) is 0 Å². The van der Waals surface area contributed by atoms with E-state index in [1.165, 1.54) is 5.56 Å². The van der Waals surface area contributed by atoms with Gasteiger partial charge < -0.3 is 14.9 Å². The summed E-state index contributed by atoms with van der Waals surface area (Å²) in [5.74, 6) is 2.20. The Morgan fingerprint density at radius 1 is 1.04 bits per heavy atom. The van der Waals surface area contributed by atoms with Gasteiger partial charge >= 0.3 is 0 Å². The predicted octanol–water partition coefficient (Wildman–Crippen LogP) is 5.07. The zero-order chi connectivity index (χ0) is 19.1. The Kier molecular flexibility index (Phi) is 9.56. The van der Waals surface area contributed by atoms with Gasteiger partial charge in [-0.1, -0.05) is 73.9 Å². The Bertz CT molecular complexity index is 617. The van der Waals surface area contributed by atoms with Crippen LogP contribution in [0, 0.1) is 0 Å². The van der Waals surface area contributed by atoms with Crippen LogP contribution in [0.3, 0.4) is 0 Å². The minimum atomic E-state index is 0.315. The van der Waals surface area contributed by atoms with E-state index in [2.05, 4.69) is 26.0 Å². The molecule has 0 aromatic heterocycles. The first-order valence-electron chi connectivity index (χ1n) is 8.20. The van der Waals surface area contributed by atoms with Crippen molar-refractivity contribution in [1.82, 2.24) is 9.80 Å². The lowest BCUT2D eigenvalue weighted by Crippen LogP contribution is -2.16. The molecule has 25 heavy (non-hydrogen) atoms. The molecule has 0 fully saturated rings. The second kappa shape index (κ2) is 10.6. The van der Waals surface area contributed by atoms with Crippen LogP contribution in [0.2, 0.25) is 0 Å². The normalized spacial score (nSPS) is 11.9. The molecule has 140 valence electrons. The highest BCUT2D eigenvalue weighted by Gasteiger charge is 2.16. The topological polar surface area (TPSA) is 26.7 Å². The number of thioether (sulfide) groups is 2. The van der Waals surface area contributed by atoms with E-state index in [9.17, 15) is 5.11 Å². The van der Waals surface area contributed by atoms with Crippen molar-refractivity contribution in [2.24, 2.45) is 0 Å². The van der Waals surface area contributed by atoms with Crippen molar-refractivity contribution in [1.29, 1.82) is 0 Å². The highest BCUT2D eigenvalue weighted by Crippen LogP contribution is 2.35. The standard InChI is InChI=1S/C18H28N2OS4/c1-7-12(2)15-9-13(10-24-17(22)19(3)4)8-14(16(15)21)11-25-18(23)20(5)6/h8-9,12,21H,7,10-11H2,1-6H3. The Morgan fingerprint density at radius 2 is 1.56 bits per heavy atom. The highest BCUT2D eigenvalue weighted by molar-refractivity contribution is 8.22. The fourth-order valence-corrected chi connectivity index (χ4v) is 3.94. The molecule has 0 heterocycles. The lowest BCUT2D eigenvalue weighted by molar-refractivity contribution is 0.457. The molecule has 0 saturated heterocycles. The monoisotopic (exact) mass is 416 g/mol. The maximum Gasteiger partial charge on any atom is 0.136 e. The van der Waals surface area contributed by atoms with Crippen LogP contribution < -0.4 is 0 Å². The summed E-state index contributed by atoms with van der Waals surface area (Å²) in [5, 5.41) is 10.7. The summed E-state index contributed by atoms with van der Waals surface area (Å²) >= 11 is 13.9. The van der Waals surface area contributed by atoms with E-state index in [-0.39, 0.29) is 0 Å². The molecule has 0 spiro atoms. The van der Waals surface area contributed by atoms with Crippen molar-refractivity contribution in [2.45, 2.75) is 37.7 Å². The Hall–Kier alpha value is -0.500. The van der Waals surface area contributed by atoms with E-state index in [1.54, 1.807) is 23.5 Å². The van der Waals surface area contributed by atoms with Gasteiger partial charge in [0.15, 0.2) is 0 Å². The molecular weight excluding hydrogens is 388 g/mol. The van der Waals surface area contributed by atoms with Crippen molar-refractivity contribution in [3.8, 4) is 5.75 Å². The molecule has 0 bridgehead atoms. The molecule has 1 atom stereocenters. The third kappa shape index (κ3) is 6.96. The Labute approximate surface area is 171 Å². The molecule has 0 aliphatic rings. The van der Waals surface area contributed by atoms with Gasteiger partial charge in [0, 0.05) is 45.3 Å². The molecule has 0 radical (unpaired) electrons. The number of hydrogen-bond acceptors (Lipinski definition) is 5. The fraction of sp³-hybridized carbons (Fsp3) is 0.556. The Balaban J connectivity index is 3.06. The van der Waals surface area contributed by atoms with Crippen LogP contribution in [0.1, 0.15) is 42.9 Å². The van der Waals surface area contributed by atoms with Crippen molar-refractivity contribution in [3.63, 3.8) is 0 Å². The van der Waals surface area contributed by atoms with Gasteiger partial charge in [-0.25, -0.2) is 0 Å². The number of hydrogen-bond donors (Lipinski definition) is 1. The van der Waals surface area contributed by atoms with Crippen molar-refractivity contribution < 1.29 is 5.11 Å². The van der Waals surface area contributed by atoms with Crippen LogP contribution in [0.25, 0.3) is 0 Å². The minimum absolute atomic E-state index is 0.315. The Morgan fingerprint density at radius 3 is 2.04 bits per heavy atom. The highest BCUT2D eigenvalue weighted by atomic mass is 32.2. The number of thiocarbonyl (C=S) groups is 2. The molecule has 0 aliphatic carbocycles. The maximum atomic E-state index is 10.7. The molecule has 1 rings (SSSR count). The lowest BCUT2D eigenvalue weighted by Gasteiger charge is -2.19. The van der Waals surface area contributed by atoms with Gasteiger partial charge in [-0.2, -0.15) is 0 Å². The van der Waals surface area contributed by atoms with Crippen molar-refractivity contribution >= 4 is 56.6 Å². The first-order valence-corrected chi connectivity index (χ1v) is 11.0. The SMILES string of the molecule is CCC(C)c1cc(CSC(=S)N(C)C)cc(CSC(=S)N(C)C)c1O. The number of phenolic OH excluding ortho intramolecular Hbond substituents is 1. The number of aromatic hydroxyl groups is 1. The van der Waals surface area contributed by atoms with E-state index in [1.807, 2.05) is 38.0 Å². The van der Waals surface area contributed by atoms with Crippen LogP contribution in [-0.4, -0.2) is 51.7 Å². The summed E-state index contributed by atoms with van der Waals surface area (Å²) in [7, 11) is 7.80.